The second-order valence-electron chi connectivity index (χ2n) is 14.1. The molecule has 12 heteroatoms. The maximum absolute atomic E-state index is 12.6. The third-order valence-corrected chi connectivity index (χ3v) is 9.73. The Hall–Kier alpha value is -2.82. The fourth-order valence-corrected chi connectivity index (χ4v) is 6.22. The van der Waals surface area contributed by atoms with Gasteiger partial charge in [-0.1, -0.05) is 158 Å². The molecule has 0 aliphatic carbocycles. The monoisotopic (exact) mass is 810 g/mol. The molecule has 0 aromatic heterocycles. The maximum atomic E-state index is 12.6. The molecule has 0 saturated heterocycles. The van der Waals surface area contributed by atoms with Gasteiger partial charge in [0.1, 0.15) is 12.6 Å². The van der Waals surface area contributed by atoms with Gasteiger partial charge in [-0.2, -0.15) is 0 Å². The van der Waals surface area contributed by atoms with Crippen LogP contribution in [0.25, 0.3) is 0 Å². The molecule has 0 saturated carbocycles. The lowest BCUT2D eigenvalue weighted by molar-refractivity contribution is -0.161. The Morgan fingerprint density at radius 3 is 1.50 bits per heavy atom. The predicted molar refractivity (Wildman–Crippen MR) is 226 cm³/mol. The minimum absolute atomic E-state index is 0.121. The number of nitrogens with two attached hydrogens (primary N) is 1. The third-order valence-electron chi connectivity index (χ3n) is 8.78. The van der Waals surface area contributed by atoms with Crippen LogP contribution >= 0.6 is 7.82 Å². The van der Waals surface area contributed by atoms with Crippen molar-refractivity contribution in [1.29, 1.82) is 0 Å². The van der Waals surface area contributed by atoms with Gasteiger partial charge < -0.3 is 25.2 Å². The van der Waals surface area contributed by atoms with E-state index in [1.54, 1.807) is 0 Å². The van der Waals surface area contributed by atoms with E-state index in [0.717, 1.165) is 70.6 Å². The first-order valence-electron chi connectivity index (χ1n) is 21.3. The van der Waals surface area contributed by atoms with Crippen LogP contribution in [0.15, 0.2) is 60.8 Å². The number of unbranched alkanes of at least 4 members (excludes halogenated alkanes) is 15. The molecule has 0 bridgehead atoms. The summed E-state index contributed by atoms with van der Waals surface area (Å²) in [7, 11) is -4.72. The van der Waals surface area contributed by atoms with Crippen molar-refractivity contribution in [2.24, 2.45) is 5.73 Å². The molecule has 0 fully saturated rings. The topological polar surface area (TPSA) is 172 Å². The highest BCUT2D eigenvalue weighted by Gasteiger charge is 2.28. The van der Waals surface area contributed by atoms with Crippen molar-refractivity contribution in [2.45, 2.75) is 180 Å². The van der Waals surface area contributed by atoms with Crippen molar-refractivity contribution >= 4 is 25.7 Å². The molecule has 0 aliphatic rings. The molecule has 0 heterocycles. The van der Waals surface area contributed by atoms with Gasteiger partial charge in [0.15, 0.2) is 6.10 Å². The molecule has 0 rings (SSSR count). The summed E-state index contributed by atoms with van der Waals surface area (Å²) >= 11 is 0. The number of esters is 2. The van der Waals surface area contributed by atoms with Gasteiger partial charge in [-0.05, 0) is 57.8 Å². The summed E-state index contributed by atoms with van der Waals surface area (Å²) in [5.41, 5.74) is 5.33. The van der Waals surface area contributed by atoms with E-state index in [9.17, 15) is 23.8 Å². The fourth-order valence-electron chi connectivity index (χ4n) is 5.44. The first-order valence-corrected chi connectivity index (χ1v) is 22.8. The summed E-state index contributed by atoms with van der Waals surface area (Å²) < 4.78 is 32.6. The van der Waals surface area contributed by atoms with Crippen LogP contribution in [0.5, 0.6) is 0 Å². The minimum atomic E-state index is -4.72. The van der Waals surface area contributed by atoms with Gasteiger partial charge >= 0.3 is 25.7 Å². The summed E-state index contributed by atoms with van der Waals surface area (Å²) in [6, 6.07) is -1.53. The average molecular weight is 810 g/mol. The zero-order chi connectivity index (χ0) is 41.4. The van der Waals surface area contributed by atoms with E-state index in [2.05, 4.69) is 79.1 Å². The molecule has 0 amide bonds. The molecule has 56 heavy (non-hydrogen) atoms. The zero-order valence-electron chi connectivity index (χ0n) is 34.7. The van der Waals surface area contributed by atoms with E-state index in [1.807, 2.05) is 0 Å². The number of carbonyl (C=O) groups is 3. The van der Waals surface area contributed by atoms with Crippen LogP contribution in [0.4, 0.5) is 0 Å². The van der Waals surface area contributed by atoms with E-state index < -0.39 is 51.1 Å². The van der Waals surface area contributed by atoms with Gasteiger partial charge in [-0.3, -0.25) is 23.4 Å². The zero-order valence-corrected chi connectivity index (χ0v) is 35.6. The van der Waals surface area contributed by atoms with Crippen molar-refractivity contribution in [3.05, 3.63) is 60.8 Å². The summed E-state index contributed by atoms with van der Waals surface area (Å²) in [4.78, 5) is 45.9. The third kappa shape index (κ3) is 38.1. The number of rotatable bonds is 39. The first kappa shape index (κ1) is 53.2. The Morgan fingerprint density at radius 2 is 1.00 bits per heavy atom. The van der Waals surface area contributed by atoms with E-state index in [-0.39, 0.29) is 19.4 Å². The second-order valence-corrected chi connectivity index (χ2v) is 15.6. The molecule has 0 aromatic carbocycles. The van der Waals surface area contributed by atoms with Crippen LogP contribution in [0.1, 0.15) is 168 Å². The van der Waals surface area contributed by atoms with Crippen molar-refractivity contribution in [2.75, 3.05) is 19.8 Å². The highest BCUT2D eigenvalue weighted by Crippen LogP contribution is 2.43. The molecule has 11 nitrogen and oxygen atoms in total. The van der Waals surface area contributed by atoms with Crippen LogP contribution in [-0.4, -0.2) is 59.9 Å². The van der Waals surface area contributed by atoms with Crippen LogP contribution in [0, 0.1) is 0 Å². The lowest BCUT2D eigenvalue weighted by Crippen LogP contribution is -2.34. The largest absolute Gasteiger partial charge is 0.480 e. The number of carboxylic acid groups (broad SMARTS) is 1. The van der Waals surface area contributed by atoms with Crippen molar-refractivity contribution in [3.63, 3.8) is 0 Å². The number of carbonyl (C=O) groups excluding carboxylic acids is 2. The molecule has 1 unspecified atom stereocenters. The number of aliphatic carboxylic acids is 1. The van der Waals surface area contributed by atoms with E-state index in [4.69, 9.17) is 24.8 Å². The Kier molecular flexibility index (Phi) is 37.1. The second kappa shape index (κ2) is 39.0. The number of carboxylic acids is 1. The molecule has 322 valence electrons. The van der Waals surface area contributed by atoms with Crippen LogP contribution in [-0.2, 0) is 37.5 Å². The normalized spacial score (nSPS) is 14.4. The molecule has 4 N–H and O–H groups in total. The van der Waals surface area contributed by atoms with Gasteiger partial charge in [0.05, 0.1) is 13.2 Å². The first-order chi connectivity index (χ1) is 27.1. The number of ether oxygens (including phenoxy) is 2. The van der Waals surface area contributed by atoms with Gasteiger partial charge in [-0.15, -0.1) is 0 Å². The SMILES string of the molecule is CC/C=C\C/C=C\C/C=C\C/C=C\C/C=C\CCCCCC(=O)O[C@H](COC(=O)CCCCCCCCCCCCCCC)COP(=O)(O)OC[C@H](N)C(=O)O. The fraction of sp³-hybridized carbons (Fsp3) is 0.705. The van der Waals surface area contributed by atoms with Gasteiger partial charge in [0.2, 0.25) is 0 Å². The number of allylic oxidation sites excluding steroid dienone is 10. The number of phosphoric ester groups is 1. The minimum Gasteiger partial charge on any atom is -0.480 e. The molecular weight excluding hydrogens is 733 g/mol. The summed E-state index contributed by atoms with van der Waals surface area (Å²) in [5.74, 6) is -2.42. The smallest absolute Gasteiger partial charge is 0.472 e. The number of hydrogen-bond donors (Lipinski definition) is 3. The van der Waals surface area contributed by atoms with Gasteiger partial charge in [0.25, 0.3) is 0 Å². The highest BCUT2D eigenvalue weighted by molar-refractivity contribution is 7.47. The Bertz CT molecular complexity index is 1180. The summed E-state index contributed by atoms with van der Waals surface area (Å²) in [6.45, 7) is 2.64. The molecule has 0 radical (unpaired) electrons. The van der Waals surface area contributed by atoms with E-state index >= 15 is 0 Å². The van der Waals surface area contributed by atoms with E-state index in [0.29, 0.717) is 12.8 Å². The van der Waals surface area contributed by atoms with Gasteiger partial charge in [-0.25, -0.2) is 4.57 Å². The average Bonchev–Trinajstić information content (AvgIpc) is 3.17. The Morgan fingerprint density at radius 1 is 0.571 bits per heavy atom. The Labute approximate surface area is 338 Å². The molecular formula is C44H76NO10P. The summed E-state index contributed by atoms with van der Waals surface area (Å²) in [6.07, 6.45) is 44.3. The molecule has 0 aliphatic heterocycles. The maximum Gasteiger partial charge on any atom is 0.472 e. The molecule has 3 atom stereocenters. The van der Waals surface area contributed by atoms with Crippen LogP contribution in [0.3, 0.4) is 0 Å². The van der Waals surface area contributed by atoms with Crippen molar-refractivity contribution in [1.82, 2.24) is 0 Å². The number of hydrogen-bond acceptors (Lipinski definition) is 9. The lowest BCUT2D eigenvalue weighted by Gasteiger charge is -2.20. The van der Waals surface area contributed by atoms with Crippen molar-refractivity contribution in [3.8, 4) is 0 Å². The quantitative estimate of drug-likeness (QED) is 0.0233. The van der Waals surface area contributed by atoms with Gasteiger partial charge in [0, 0.05) is 12.8 Å². The van der Waals surface area contributed by atoms with E-state index in [1.165, 1.54) is 57.8 Å². The summed E-state index contributed by atoms with van der Waals surface area (Å²) in [5, 5.41) is 8.88. The van der Waals surface area contributed by atoms with Crippen molar-refractivity contribution < 1.29 is 47.5 Å². The van der Waals surface area contributed by atoms with Crippen LogP contribution < -0.4 is 5.73 Å². The predicted octanol–water partition coefficient (Wildman–Crippen LogP) is 11.2. The highest BCUT2D eigenvalue weighted by atomic mass is 31.2. The molecule has 0 spiro atoms. The standard InChI is InChI=1S/C44H76NO10P/c1-3-5-7-9-11-13-15-17-18-19-20-21-22-24-26-28-30-32-34-36-43(47)55-40(38-53-56(50,51)54-39-41(45)44(48)49)37-52-42(46)35-33-31-29-27-25-23-16-14-12-10-8-6-4-2/h5,7,11,13,17-18,20-21,24,26,40-41H,3-4,6,8-10,12,14-16,19,22-23,25,27-39,45H2,1-2H3,(H,48,49)(H,50,51)/b7-5-,13-11-,18-17-,21-20-,26-24-/t40-,41+/m1/s1. The Balaban J connectivity index is 4.45. The van der Waals surface area contributed by atoms with Crippen LogP contribution in [0.2, 0.25) is 0 Å². The molecule has 0 aromatic rings. The lowest BCUT2D eigenvalue weighted by atomic mass is 10.0. The number of phosphoric acid groups is 1.